The second-order valence-electron chi connectivity index (χ2n) is 10.9. The first-order valence-electron chi connectivity index (χ1n) is 13.9. The lowest BCUT2D eigenvalue weighted by Gasteiger charge is -2.38. The standard InChI is InChI=1S/C29H42N2O6S2/c1-22-10-8-9-13-27(22)31(21-23-14-19-28(36-3)29(20-23)37-4)39(34,35)26-17-15-25(16-18-26)38(32,33)30(2)24-11-6-5-7-12-24/h14-20,22,24,27H,5-13,21H2,1-4H3/t22-,27-/m1/s1. The molecule has 4 rings (SSSR count). The van der Waals surface area contributed by atoms with Crippen molar-refractivity contribution in [2.45, 2.75) is 93.1 Å². The molecule has 0 N–H and O–H groups in total. The van der Waals surface area contributed by atoms with Gasteiger partial charge >= 0.3 is 0 Å². The van der Waals surface area contributed by atoms with E-state index in [1.54, 1.807) is 31.6 Å². The van der Waals surface area contributed by atoms with Crippen molar-refractivity contribution in [3.63, 3.8) is 0 Å². The van der Waals surface area contributed by atoms with Crippen molar-refractivity contribution in [3.05, 3.63) is 48.0 Å². The number of methoxy groups -OCH3 is 2. The van der Waals surface area contributed by atoms with Crippen molar-refractivity contribution in [1.82, 2.24) is 8.61 Å². The molecule has 2 atom stereocenters. The fourth-order valence-corrected chi connectivity index (χ4v) is 9.15. The molecular formula is C29H42N2O6S2. The molecule has 0 aromatic heterocycles. The third-order valence-electron chi connectivity index (χ3n) is 8.42. The van der Waals surface area contributed by atoms with E-state index in [1.165, 1.54) is 28.6 Å². The van der Waals surface area contributed by atoms with Crippen LogP contribution in [0.25, 0.3) is 0 Å². The number of hydrogen-bond donors (Lipinski definition) is 0. The van der Waals surface area contributed by atoms with E-state index < -0.39 is 20.0 Å². The fourth-order valence-electron chi connectivity index (χ4n) is 5.99. The Balaban J connectivity index is 1.65. The normalized spacial score (nSPS) is 21.3. The van der Waals surface area contributed by atoms with Crippen LogP contribution in [-0.2, 0) is 26.6 Å². The van der Waals surface area contributed by atoms with Gasteiger partial charge in [0.2, 0.25) is 20.0 Å². The van der Waals surface area contributed by atoms with Gasteiger partial charge in [0.15, 0.2) is 11.5 Å². The molecule has 2 aromatic carbocycles. The molecule has 0 bridgehead atoms. The Bertz CT molecular complexity index is 1320. The van der Waals surface area contributed by atoms with Crippen LogP contribution in [0.5, 0.6) is 11.5 Å². The van der Waals surface area contributed by atoms with Gasteiger partial charge in [-0.1, -0.05) is 45.1 Å². The average molecular weight is 579 g/mol. The fraction of sp³-hybridized carbons (Fsp3) is 0.586. The maximum absolute atomic E-state index is 14.1. The Morgan fingerprint density at radius 3 is 1.90 bits per heavy atom. The molecule has 2 aromatic rings. The highest BCUT2D eigenvalue weighted by Crippen LogP contribution is 2.35. The Hall–Kier alpha value is -2.14. The van der Waals surface area contributed by atoms with Crippen molar-refractivity contribution in [1.29, 1.82) is 0 Å². The van der Waals surface area contributed by atoms with Gasteiger partial charge in [0.05, 0.1) is 24.0 Å². The zero-order valence-electron chi connectivity index (χ0n) is 23.5. The lowest BCUT2D eigenvalue weighted by atomic mass is 9.86. The largest absolute Gasteiger partial charge is 0.493 e. The lowest BCUT2D eigenvalue weighted by Crippen LogP contribution is -2.44. The molecule has 0 unspecified atom stereocenters. The Labute approximate surface area is 234 Å². The number of benzene rings is 2. The molecule has 0 radical (unpaired) electrons. The van der Waals surface area contributed by atoms with Gasteiger partial charge < -0.3 is 9.47 Å². The predicted molar refractivity (Wildman–Crippen MR) is 152 cm³/mol. The van der Waals surface area contributed by atoms with Crippen LogP contribution in [0.1, 0.15) is 70.3 Å². The first kappa shape index (κ1) is 29.8. The van der Waals surface area contributed by atoms with Gasteiger partial charge in [0.1, 0.15) is 0 Å². The third kappa shape index (κ3) is 6.45. The van der Waals surface area contributed by atoms with Crippen molar-refractivity contribution in [2.75, 3.05) is 21.3 Å². The van der Waals surface area contributed by atoms with Gasteiger partial charge in [-0.15, -0.1) is 0 Å². The Morgan fingerprint density at radius 2 is 1.31 bits per heavy atom. The van der Waals surface area contributed by atoms with E-state index in [2.05, 4.69) is 6.92 Å². The van der Waals surface area contributed by atoms with Crippen LogP contribution in [0.15, 0.2) is 52.3 Å². The van der Waals surface area contributed by atoms with Crippen molar-refractivity contribution >= 4 is 20.0 Å². The summed E-state index contributed by atoms with van der Waals surface area (Å²) in [5, 5.41) is 0. The SMILES string of the molecule is COc1ccc(CN([C@@H]2CCCC[C@H]2C)S(=O)(=O)c2ccc(S(=O)(=O)N(C)C3CCCCC3)cc2)cc1OC. The summed E-state index contributed by atoms with van der Waals surface area (Å²) < 4.78 is 68.7. The zero-order valence-corrected chi connectivity index (χ0v) is 25.1. The molecule has 2 aliphatic rings. The van der Waals surface area contributed by atoms with Crippen LogP contribution >= 0.6 is 0 Å². The van der Waals surface area contributed by atoms with Gasteiger partial charge in [-0.2, -0.15) is 8.61 Å². The van der Waals surface area contributed by atoms with Crippen LogP contribution < -0.4 is 9.47 Å². The van der Waals surface area contributed by atoms with Gasteiger partial charge in [0.25, 0.3) is 0 Å². The van der Waals surface area contributed by atoms with E-state index in [0.29, 0.717) is 11.5 Å². The minimum atomic E-state index is -3.92. The quantitative estimate of drug-likeness (QED) is 0.373. The minimum Gasteiger partial charge on any atom is -0.493 e. The molecule has 0 heterocycles. The lowest BCUT2D eigenvalue weighted by molar-refractivity contribution is 0.185. The van der Waals surface area contributed by atoms with Gasteiger partial charge in [-0.3, -0.25) is 0 Å². The monoisotopic (exact) mass is 578 g/mol. The Kier molecular flexibility index (Phi) is 9.62. The first-order chi connectivity index (χ1) is 18.6. The molecule has 2 saturated carbocycles. The zero-order chi connectivity index (χ0) is 28.2. The molecule has 39 heavy (non-hydrogen) atoms. The number of ether oxygens (including phenoxy) is 2. The second-order valence-corrected chi connectivity index (χ2v) is 14.7. The van der Waals surface area contributed by atoms with Crippen LogP contribution in [0, 0.1) is 5.92 Å². The van der Waals surface area contributed by atoms with E-state index in [9.17, 15) is 16.8 Å². The maximum atomic E-state index is 14.1. The third-order valence-corrected chi connectivity index (χ3v) is 12.2. The van der Waals surface area contributed by atoms with Crippen LogP contribution in [0.2, 0.25) is 0 Å². The second kappa shape index (κ2) is 12.6. The summed E-state index contributed by atoms with van der Waals surface area (Å²) in [4.78, 5) is 0.215. The highest BCUT2D eigenvalue weighted by Gasteiger charge is 2.37. The van der Waals surface area contributed by atoms with Gasteiger partial charge in [0, 0.05) is 25.7 Å². The van der Waals surface area contributed by atoms with Crippen molar-refractivity contribution < 1.29 is 26.3 Å². The summed E-state index contributed by atoms with van der Waals surface area (Å²) in [7, 11) is -2.88. The highest BCUT2D eigenvalue weighted by atomic mass is 32.2. The molecule has 10 heteroatoms. The van der Waals surface area contributed by atoms with Gasteiger partial charge in [-0.05, 0) is 73.6 Å². The van der Waals surface area contributed by atoms with Gasteiger partial charge in [-0.25, -0.2) is 16.8 Å². The van der Waals surface area contributed by atoms with Crippen molar-refractivity contribution in [3.8, 4) is 11.5 Å². The highest BCUT2D eigenvalue weighted by molar-refractivity contribution is 7.89. The van der Waals surface area contributed by atoms with E-state index in [1.807, 2.05) is 12.1 Å². The van der Waals surface area contributed by atoms with E-state index in [0.717, 1.165) is 63.4 Å². The summed E-state index contributed by atoms with van der Waals surface area (Å²) in [6, 6.07) is 11.0. The van der Waals surface area contributed by atoms with Crippen LogP contribution in [0.4, 0.5) is 0 Å². The molecule has 0 saturated heterocycles. The Morgan fingerprint density at radius 1 is 0.744 bits per heavy atom. The molecule has 216 valence electrons. The number of hydrogen-bond acceptors (Lipinski definition) is 6. The first-order valence-corrected chi connectivity index (χ1v) is 16.8. The summed E-state index contributed by atoms with van der Waals surface area (Å²) in [5.41, 5.74) is 0.794. The molecule has 0 amide bonds. The molecular weight excluding hydrogens is 536 g/mol. The smallest absolute Gasteiger partial charge is 0.243 e. The molecule has 0 spiro atoms. The van der Waals surface area contributed by atoms with E-state index in [-0.39, 0.29) is 34.3 Å². The molecule has 2 aliphatic carbocycles. The minimum absolute atomic E-state index is 0.0167. The predicted octanol–water partition coefficient (Wildman–Crippen LogP) is 5.43. The average Bonchev–Trinajstić information content (AvgIpc) is 2.96. The van der Waals surface area contributed by atoms with Crippen LogP contribution in [-0.4, -0.2) is 58.8 Å². The van der Waals surface area contributed by atoms with Crippen LogP contribution in [0.3, 0.4) is 0 Å². The molecule has 2 fully saturated rings. The number of sulfonamides is 2. The molecule has 8 nitrogen and oxygen atoms in total. The van der Waals surface area contributed by atoms with Crippen molar-refractivity contribution in [2.24, 2.45) is 5.92 Å². The van der Waals surface area contributed by atoms with E-state index >= 15 is 0 Å². The molecule has 0 aliphatic heterocycles. The van der Waals surface area contributed by atoms with E-state index in [4.69, 9.17) is 9.47 Å². The number of rotatable bonds is 10. The maximum Gasteiger partial charge on any atom is 0.243 e. The summed E-state index contributed by atoms with van der Waals surface area (Å²) in [6.07, 6.45) is 8.70. The summed E-state index contributed by atoms with van der Waals surface area (Å²) >= 11 is 0. The summed E-state index contributed by atoms with van der Waals surface area (Å²) in [5.74, 6) is 1.33. The topological polar surface area (TPSA) is 93.2 Å². The summed E-state index contributed by atoms with van der Waals surface area (Å²) in [6.45, 7) is 2.29. The number of nitrogens with zero attached hydrogens (tertiary/aromatic N) is 2.